The first-order valence-corrected chi connectivity index (χ1v) is 22.6. The summed E-state index contributed by atoms with van der Waals surface area (Å²) in [7, 11) is 0. The van der Waals surface area contributed by atoms with Crippen LogP contribution in [0.5, 0.6) is 0 Å². The quantitative estimate of drug-likeness (QED) is 0.0326. The van der Waals surface area contributed by atoms with Gasteiger partial charge >= 0.3 is 0 Å². The molecule has 0 aromatic carbocycles. The van der Waals surface area contributed by atoms with E-state index in [1.54, 1.807) is 6.08 Å². The number of hydrogen-bond acceptors (Lipinski definition) is 18. The second-order valence-corrected chi connectivity index (χ2v) is 16.5. The van der Waals surface area contributed by atoms with E-state index in [2.05, 4.69) is 24.4 Å². The fourth-order valence-electron chi connectivity index (χ4n) is 7.60. The van der Waals surface area contributed by atoms with E-state index in [4.69, 9.17) is 28.4 Å². The van der Waals surface area contributed by atoms with Crippen LogP contribution in [0.4, 0.5) is 0 Å². The van der Waals surface area contributed by atoms with Crippen molar-refractivity contribution in [2.24, 2.45) is 0 Å². The van der Waals surface area contributed by atoms with E-state index in [0.717, 1.165) is 44.9 Å². The molecular weight excluding hydrogens is 818 g/mol. The van der Waals surface area contributed by atoms with Crippen LogP contribution < -0.4 is 5.32 Å². The maximum atomic E-state index is 13.0. The van der Waals surface area contributed by atoms with Gasteiger partial charge in [0, 0.05) is 6.42 Å². The summed E-state index contributed by atoms with van der Waals surface area (Å²) in [5, 5.41) is 118. The van der Waals surface area contributed by atoms with Crippen LogP contribution in [-0.2, 0) is 33.2 Å². The molecular formula is C43H77NO18. The molecule has 17 atom stereocenters. The van der Waals surface area contributed by atoms with Gasteiger partial charge in [0.15, 0.2) is 18.9 Å². The van der Waals surface area contributed by atoms with Gasteiger partial charge < -0.3 is 89.9 Å². The van der Waals surface area contributed by atoms with Gasteiger partial charge in [-0.15, -0.1) is 0 Å². The van der Waals surface area contributed by atoms with Gasteiger partial charge in [-0.3, -0.25) is 4.79 Å². The highest BCUT2D eigenvalue weighted by atomic mass is 16.8. The highest BCUT2D eigenvalue weighted by Crippen LogP contribution is 2.33. The van der Waals surface area contributed by atoms with Gasteiger partial charge in [-0.2, -0.15) is 0 Å². The number of rotatable bonds is 29. The summed E-state index contributed by atoms with van der Waals surface area (Å²) >= 11 is 0. The molecule has 0 bridgehead atoms. The van der Waals surface area contributed by atoms with Crippen molar-refractivity contribution >= 4 is 5.91 Å². The summed E-state index contributed by atoms with van der Waals surface area (Å²) in [6, 6.07) is -0.968. The summed E-state index contributed by atoms with van der Waals surface area (Å²) in [4.78, 5) is 13.0. The SMILES string of the molecule is CCC/C=C/C(O)C(COC1OC(CO)C(OC2OC(CO)C(OC3OC(CO)C(O)C(O)C3O)C(O)C2O)C(O)C1O)NC(=O)CCCCCCC/C=C\CCCCCCC. The Kier molecular flexibility index (Phi) is 26.2. The van der Waals surface area contributed by atoms with Gasteiger partial charge in [0.2, 0.25) is 5.91 Å². The van der Waals surface area contributed by atoms with E-state index < -0.39 is 124 Å². The molecule has 0 saturated carbocycles. The zero-order chi connectivity index (χ0) is 45.6. The number of hydrogen-bond donors (Lipinski definition) is 12. The largest absolute Gasteiger partial charge is 0.394 e. The summed E-state index contributed by atoms with van der Waals surface area (Å²) < 4.78 is 33.8. The van der Waals surface area contributed by atoms with Crippen LogP contribution in [0.25, 0.3) is 0 Å². The van der Waals surface area contributed by atoms with E-state index in [9.17, 15) is 61.0 Å². The normalized spacial score (nSPS) is 35.4. The van der Waals surface area contributed by atoms with Gasteiger partial charge in [-0.1, -0.05) is 89.5 Å². The summed E-state index contributed by atoms with van der Waals surface area (Å²) in [6.07, 6.45) is -3.93. The molecule has 0 aromatic heterocycles. The molecule has 0 radical (unpaired) electrons. The fourth-order valence-corrected chi connectivity index (χ4v) is 7.60. The Labute approximate surface area is 365 Å². The lowest BCUT2D eigenvalue weighted by Gasteiger charge is -2.48. The van der Waals surface area contributed by atoms with Crippen molar-refractivity contribution in [1.82, 2.24) is 5.32 Å². The lowest BCUT2D eigenvalue weighted by atomic mass is 9.96. The highest BCUT2D eigenvalue weighted by Gasteiger charge is 2.53. The number of allylic oxidation sites excluding steroid dienone is 3. The van der Waals surface area contributed by atoms with Crippen LogP contribution >= 0.6 is 0 Å². The number of aliphatic hydroxyl groups excluding tert-OH is 11. The van der Waals surface area contributed by atoms with Crippen LogP contribution in [0.3, 0.4) is 0 Å². The maximum absolute atomic E-state index is 13.0. The van der Waals surface area contributed by atoms with Crippen molar-refractivity contribution in [1.29, 1.82) is 0 Å². The topological polar surface area (TPSA) is 307 Å². The monoisotopic (exact) mass is 896 g/mol. The molecule has 17 unspecified atom stereocenters. The predicted molar refractivity (Wildman–Crippen MR) is 222 cm³/mol. The third kappa shape index (κ3) is 16.9. The number of carbonyl (C=O) groups excluding carboxylic acids is 1. The zero-order valence-corrected chi connectivity index (χ0v) is 36.3. The van der Waals surface area contributed by atoms with Crippen molar-refractivity contribution in [3.63, 3.8) is 0 Å². The molecule has 0 spiro atoms. The summed E-state index contributed by atoms with van der Waals surface area (Å²) in [5.41, 5.74) is 0. The molecule has 62 heavy (non-hydrogen) atoms. The van der Waals surface area contributed by atoms with Gasteiger partial charge in [0.1, 0.15) is 73.2 Å². The molecule has 19 nitrogen and oxygen atoms in total. The Hall–Kier alpha value is -1.73. The van der Waals surface area contributed by atoms with Crippen molar-refractivity contribution in [3.8, 4) is 0 Å². The van der Waals surface area contributed by atoms with Crippen molar-refractivity contribution in [3.05, 3.63) is 24.3 Å². The molecule has 19 heteroatoms. The van der Waals surface area contributed by atoms with E-state index in [1.165, 1.54) is 38.2 Å². The molecule has 3 fully saturated rings. The van der Waals surface area contributed by atoms with Crippen LogP contribution in [-0.4, -0.2) is 193 Å². The maximum Gasteiger partial charge on any atom is 0.220 e. The molecule has 0 aliphatic carbocycles. The molecule has 1 amide bonds. The van der Waals surface area contributed by atoms with Crippen molar-refractivity contribution in [2.75, 3.05) is 26.4 Å². The van der Waals surface area contributed by atoms with Crippen LogP contribution in [0, 0.1) is 0 Å². The third-order valence-corrected chi connectivity index (χ3v) is 11.5. The summed E-state index contributed by atoms with van der Waals surface area (Å²) in [6.45, 7) is 1.41. The third-order valence-electron chi connectivity index (χ3n) is 11.5. The lowest BCUT2D eigenvalue weighted by molar-refractivity contribution is -0.379. The van der Waals surface area contributed by atoms with Crippen LogP contribution in [0.15, 0.2) is 24.3 Å². The molecule has 362 valence electrons. The molecule has 12 N–H and O–H groups in total. The molecule has 3 rings (SSSR count). The average Bonchev–Trinajstić information content (AvgIpc) is 3.26. The Morgan fingerprint density at radius 2 is 1.05 bits per heavy atom. The van der Waals surface area contributed by atoms with Gasteiger partial charge in [0.25, 0.3) is 0 Å². The zero-order valence-electron chi connectivity index (χ0n) is 36.3. The van der Waals surface area contributed by atoms with E-state index in [1.807, 2.05) is 6.92 Å². The first kappa shape index (κ1) is 54.6. The Bertz CT molecular complexity index is 1260. The van der Waals surface area contributed by atoms with Crippen molar-refractivity contribution < 1.29 is 89.4 Å². The first-order chi connectivity index (χ1) is 29.8. The number of amides is 1. The van der Waals surface area contributed by atoms with E-state index in [-0.39, 0.29) is 18.9 Å². The van der Waals surface area contributed by atoms with Gasteiger partial charge in [-0.05, 0) is 38.5 Å². The highest BCUT2D eigenvalue weighted by molar-refractivity contribution is 5.76. The van der Waals surface area contributed by atoms with Crippen LogP contribution in [0.2, 0.25) is 0 Å². The molecule has 3 heterocycles. The van der Waals surface area contributed by atoms with E-state index >= 15 is 0 Å². The smallest absolute Gasteiger partial charge is 0.220 e. The summed E-state index contributed by atoms with van der Waals surface area (Å²) in [5.74, 6) is -0.300. The Morgan fingerprint density at radius 1 is 0.565 bits per heavy atom. The van der Waals surface area contributed by atoms with Crippen LogP contribution in [0.1, 0.15) is 110 Å². The van der Waals surface area contributed by atoms with Crippen molar-refractivity contribution in [2.45, 2.75) is 214 Å². The minimum atomic E-state index is -1.97. The molecule has 3 aliphatic rings. The van der Waals surface area contributed by atoms with E-state index in [0.29, 0.717) is 12.8 Å². The minimum Gasteiger partial charge on any atom is -0.394 e. The number of carbonyl (C=O) groups is 1. The lowest BCUT2D eigenvalue weighted by Crippen LogP contribution is -2.66. The number of unbranched alkanes of at least 4 members (excludes halogenated alkanes) is 11. The molecule has 3 saturated heterocycles. The van der Waals surface area contributed by atoms with Gasteiger partial charge in [0.05, 0.1) is 38.6 Å². The predicted octanol–water partition coefficient (Wildman–Crippen LogP) is -0.699. The number of nitrogens with one attached hydrogen (secondary N) is 1. The molecule has 3 aliphatic heterocycles. The Morgan fingerprint density at radius 3 is 1.60 bits per heavy atom. The number of aliphatic hydroxyl groups is 11. The first-order valence-electron chi connectivity index (χ1n) is 22.6. The Balaban J connectivity index is 1.52. The van der Waals surface area contributed by atoms with Gasteiger partial charge in [-0.25, -0.2) is 0 Å². The standard InChI is InChI=1S/C43H77NO18/c1-3-5-7-8-9-10-11-12-13-14-15-16-17-19-21-31(49)44-26(27(48)20-18-6-4-2)25-57-41-37(55)34(52)39(29(23-46)59-41)62-43-38(56)35(53)40(30(24-47)60-43)61-42-36(54)33(51)32(50)28(22-45)58-42/h11-12,18,20,26-30,32-43,45-48,50-56H,3-10,13-17,19,21-25H2,1-2H3,(H,44,49)/b12-11-,20-18+. The number of ether oxygens (including phenoxy) is 6. The average molecular weight is 896 g/mol. The fraction of sp³-hybridized carbons (Fsp3) is 0.884. The second kappa shape index (κ2) is 29.7. The molecule has 0 aromatic rings. The minimum absolute atomic E-state index is 0.230. The second-order valence-electron chi connectivity index (χ2n) is 16.5.